The van der Waals surface area contributed by atoms with E-state index < -0.39 is 6.10 Å². The number of ether oxygens (including phenoxy) is 3. The average Bonchev–Trinajstić information content (AvgIpc) is 2.63. The van der Waals surface area contributed by atoms with Gasteiger partial charge in [-0.3, -0.25) is 0 Å². The molecule has 4 nitrogen and oxygen atoms in total. The second-order valence-electron chi connectivity index (χ2n) is 7.61. The van der Waals surface area contributed by atoms with Crippen molar-refractivity contribution in [2.75, 3.05) is 26.4 Å². The molecule has 0 spiro atoms. The van der Waals surface area contributed by atoms with Crippen LogP contribution in [0, 0.1) is 11.8 Å². The minimum atomic E-state index is -0.585. The van der Waals surface area contributed by atoms with Crippen LogP contribution in [0.3, 0.4) is 0 Å². The van der Waals surface area contributed by atoms with E-state index >= 15 is 0 Å². The van der Waals surface area contributed by atoms with Crippen LogP contribution >= 0.6 is 0 Å². The summed E-state index contributed by atoms with van der Waals surface area (Å²) in [7, 11) is 0. The van der Waals surface area contributed by atoms with E-state index in [1.807, 2.05) is 0 Å². The zero-order valence-electron chi connectivity index (χ0n) is 17.0. The second kappa shape index (κ2) is 14.0. The van der Waals surface area contributed by atoms with E-state index in [0.29, 0.717) is 31.7 Å². The van der Waals surface area contributed by atoms with Gasteiger partial charge in [-0.2, -0.15) is 0 Å². The van der Waals surface area contributed by atoms with Crippen LogP contribution in [0.4, 0.5) is 0 Å². The molecule has 0 saturated carbocycles. The van der Waals surface area contributed by atoms with Crippen molar-refractivity contribution >= 4 is 0 Å². The predicted octanol–water partition coefficient (Wildman–Crippen LogP) is 4.58. The van der Waals surface area contributed by atoms with Gasteiger partial charge in [-0.15, -0.1) is 0 Å². The number of unbranched alkanes of at least 4 members (excludes halogenated alkanes) is 2. The molecule has 3 unspecified atom stereocenters. The van der Waals surface area contributed by atoms with Gasteiger partial charge in [0.25, 0.3) is 0 Å². The van der Waals surface area contributed by atoms with Crippen LogP contribution in [0.25, 0.3) is 0 Å². The van der Waals surface area contributed by atoms with E-state index in [2.05, 4.69) is 27.7 Å². The molecule has 1 aliphatic rings. The van der Waals surface area contributed by atoms with Gasteiger partial charge in [0.2, 0.25) is 0 Å². The fourth-order valence-electron chi connectivity index (χ4n) is 3.41. The first-order chi connectivity index (χ1) is 12.2. The molecule has 1 saturated heterocycles. The molecule has 0 radical (unpaired) electrons. The van der Waals surface area contributed by atoms with Gasteiger partial charge >= 0.3 is 0 Å². The summed E-state index contributed by atoms with van der Waals surface area (Å²) in [6, 6.07) is 0. The van der Waals surface area contributed by atoms with E-state index in [-0.39, 0.29) is 12.2 Å². The van der Waals surface area contributed by atoms with Crippen LogP contribution < -0.4 is 0 Å². The lowest BCUT2D eigenvalue weighted by atomic mass is 9.99. The Morgan fingerprint density at radius 1 is 0.880 bits per heavy atom. The van der Waals surface area contributed by atoms with Crippen molar-refractivity contribution in [3.63, 3.8) is 0 Å². The van der Waals surface area contributed by atoms with Crippen LogP contribution in [-0.4, -0.2) is 49.8 Å². The predicted molar refractivity (Wildman–Crippen MR) is 103 cm³/mol. The monoisotopic (exact) mass is 358 g/mol. The summed E-state index contributed by atoms with van der Waals surface area (Å²) >= 11 is 0. The maximum absolute atomic E-state index is 10.3. The maximum atomic E-state index is 10.3. The molecule has 0 amide bonds. The molecule has 0 aromatic carbocycles. The standard InChI is InChI=1S/C21H42O4/c1-5-9-11-17(7-3)13-24-20-16-23-15-19(22)21(20)25-14-18(8-4)12-10-6-2/h17-22H,5-16H2,1-4H3/t17?,18?,19-,20+,21?/m1/s1. The van der Waals surface area contributed by atoms with Crippen LogP contribution in [0.5, 0.6) is 0 Å². The third-order valence-electron chi connectivity index (χ3n) is 5.47. The Hall–Kier alpha value is -0.160. The van der Waals surface area contributed by atoms with E-state index in [4.69, 9.17) is 14.2 Å². The number of aliphatic hydroxyl groups excluding tert-OH is 1. The van der Waals surface area contributed by atoms with Crippen LogP contribution in [0.15, 0.2) is 0 Å². The van der Waals surface area contributed by atoms with E-state index in [1.165, 1.54) is 38.5 Å². The Labute approximate surface area is 155 Å². The highest BCUT2D eigenvalue weighted by atomic mass is 16.6. The van der Waals surface area contributed by atoms with Crippen molar-refractivity contribution < 1.29 is 19.3 Å². The lowest BCUT2D eigenvalue weighted by Gasteiger charge is -2.36. The van der Waals surface area contributed by atoms with Crippen molar-refractivity contribution in [2.45, 2.75) is 97.4 Å². The van der Waals surface area contributed by atoms with Crippen molar-refractivity contribution in [3.05, 3.63) is 0 Å². The number of hydrogen-bond acceptors (Lipinski definition) is 4. The molecule has 4 heteroatoms. The molecule has 0 aromatic heterocycles. The van der Waals surface area contributed by atoms with Crippen molar-refractivity contribution in [3.8, 4) is 0 Å². The Morgan fingerprint density at radius 3 is 1.96 bits per heavy atom. The largest absolute Gasteiger partial charge is 0.388 e. The Bertz CT molecular complexity index is 310. The molecule has 1 aliphatic heterocycles. The van der Waals surface area contributed by atoms with Gasteiger partial charge in [0.1, 0.15) is 18.3 Å². The minimum Gasteiger partial charge on any atom is -0.388 e. The maximum Gasteiger partial charge on any atom is 0.114 e. The summed E-state index contributed by atoms with van der Waals surface area (Å²) in [4.78, 5) is 0. The zero-order chi connectivity index (χ0) is 18.5. The first kappa shape index (κ1) is 22.9. The number of rotatable bonds is 14. The lowest BCUT2D eigenvalue weighted by molar-refractivity contribution is -0.196. The van der Waals surface area contributed by atoms with Gasteiger partial charge in [0, 0.05) is 0 Å². The second-order valence-corrected chi connectivity index (χ2v) is 7.61. The molecule has 150 valence electrons. The summed E-state index contributed by atoms with van der Waals surface area (Å²) in [6.07, 6.45) is 8.62. The summed E-state index contributed by atoms with van der Waals surface area (Å²) in [5.74, 6) is 1.16. The molecule has 5 atom stereocenters. The molecule has 1 fully saturated rings. The van der Waals surface area contributed by atoms with E-state index in [0.717, 1.165) is 19.4 Å². The van der Waals surface area contributed by atoms with Crippen molar-refractivity contribution in [1.29, 1.82) is 0 Å². The molecule has 0 aromatic rings. The molecule has 1 rings (SSSR count). The summed E-state index contributed by atoms with van der Waals surface area (Å²) in [5, 5.41) is 10.3. The zero-order valence-corrected chi connectivity index (χ0v) is 17.0. The topological polar surface area (TPSA) is 47.9 Å². The first-order valence-electron chi connectivity index (χ1n) is 10.6. The minimum absolute atomic E-state index is 0.150. The molecule has 1 N–H and O–H groups in total. The van der Waals surface area contributed by atoms with Gasteiger partial charge in [-0.25, -0.2) is 0 Å². The third kappa shape index (κ3) is 8.85. The summed E-state index contributed by atoms with van der Waals surface area (Å²) in [6.45, 7) is 11.2. The smallest absolute Gasteiger partial charge is 0.114 e. The van der Waals surface area contributed by atoms with Gasteiger partial charge < -0.3 is 19.3 Å². The summed E-state index contributed by atoms with van der Waals surface area (Å²) in [5.41, 5.74) is 0. The highest BCUT2D eigenvalue weighted by Crippen LogP contribution is 2.22. The van der Waals surface area contributed by atoms with Gasteiger partial charge in [0.05, 0.1) is 26.4 Å². The normalized spacial score (nSPS) is 26.5. The Morgan fingerprint density at radius 2 is 1.44 bits per heavy atom. The van der Waals surface area contributed by atoms with Crippen molar-refractivity contribution in [1.82, 2.24) is 0 Å². The number of hydrogen-bond donors (Lipinski definition) is 1. The van der Waals surface area contributed by atoms with Gasteiger partial charge in [-0.1, -0.05) is 66.2 Å². The van der Waals surface area contributed by atoms with Crippen LogP contribution in [-0.2, 0) is 14.2 Å². The third-order valence-corrected chi connectivity index (χ3v) is 5.47. The lowest BCUT2D eigenvalue weighted by Crippen LogP contribution is -2.51. The Balaban J connectivity index is 2.48. The van der Waals surface area contributed by atoms with Crippen LogP contribution in [0.2, 0.25) is 0 Å². The molecule has 0 aliphatic carbocycles. The first-order valence-corrected chi connectivity index (χ1v) is 10.6. The fraction of sp³-hybridized carbons (Fsp3) is 1.00. The molecular weight excluding hydrogens is 316 g/mol. The average molecular weight is 359 g/mol. The fourth-order valence-corrected chi connectivity index (χ4v) is 3.41. The Kier molecular flexibility index (Phi) is 12.8. The summed E-state index contributed by atoms with van der Waals surface area (Å²) < 4.78 is 17.8. The molecular formula is C21H42O4. The van der Waals surface area contributed by atoms with E-state index in [1.54, 1.807) is 0 Å². The van der Waals surface area contributed by atoms with Crippen LogP contribution in [0.1, 0.15) is 79.1 Å². The highest BCUT2D eigenvalue weighted by molar-refractivity contribution is 4.83. The van der Waals surface area contributed by atoms with Crippen molar-refractivity contribution in [2.24, 2.45) is 11.8 Å². The quantitative estimate of drug-likeness (QED) is 0.494. The molecule has 0 bridgehead atoms. The van der Waals surface area contributed by atoms with Gasteiger partial charge in [-0.05, 0) is 24.7 Å². The molecule has 25 heavy (non-hydrogen) atoms. The van der Waals surface area contributed by atoms with E-state index in [9.17, 15) is 5.11 Å². The SMILES string of the molecule is CCCCC(CC)COC1[C@H](O)COC[C@@H]1OCC(CC)CCCC. The number of aliphatic hydroxyl groups is 1. The van der Waals surface area contributed by atoms with Gasteiger partial charge in [0.15, 0.2) is 0 Å². The highest BCUT2D eigenvalue weighted by Gasteiger charge is 2.35. The molecule has 1 heterocycles.